The molecule has 0 aliphatic carbocycles. The molecule has 1 aliphatic heterocycles. The second-order valence-corrected chi connectivity index (χ2v) is 4.56. The molecule has 0 saturated heterocycles. The van der Waals surface area contributed by atoms with Crippen molar-refractivity contribution in [2.75, 3.05) is 6.54 Å². The predicted octanol–water partition coefficient (Wildman–Crippen LogP) is 1.73. The van der Waals surface area contributed by atoms with Crippen LogP contribution in [0, 0.1) is 0 Å². The van der Waals surface area contributed by atoms with Gasteiger partial charge < -0.3 is 5.11 Å². The highest BCUT2D eigenvalue weighted by Crippen LogP contribution is 2.20. The highest BCUT2D eigenvalue weighted by molar-refractivity contribution is 5.62. The van der Waals surface area contributed by atoms with E-state index < -0.39 is 6.10 Å². The van der Waals surface area contributed by atoms with Crippen LogP contribution in [0.3, 0.4) is 0 Å². The molecule has 1 aliphatic rings. The normalized spacial score (nSPS) is 15.6. The van der Waals surface area contributed by atoms with Gasteiger partial charge in [0.1, 0.15) is 6.10 Å². The molecule has 2 heterocycles. The number of hydrogen-bond donors (Lipinski definition) is 1. The van der Waals surface area contributed by atoms with Crippen molar-refractivity contribution in [3.8, 4) is 0 Å². The third kappa shape index (κ3) is 2.53. The van der Waals surface area contributed by atoms with Crippen LogP contribution < -0.4 is 0 Å². The van der Waals surface area contributed by atoms with Gasteiger partial charge in [-0.25, -0.2) is 9.97 Å². The van der Waals surface area contributed by atoms with Crippen LogP contribution in [0.5, 0.6) is 0 Å². The molecule has 0 fully saturated rings. The lowest BCUT2D eigenvalue weighted by Crippen LogP contribution is -2.09. The first kappa shape index (κ1) is 12.0. The van der Waals surface area contributed by atoms with Gasteiger partial charge in [-0.05, 0) is 17.5 Å². The van der Waals surface area contributed by atoms with Crippen molar-refractivity contribution in [2.24, 2.45) is 4.99 Å². The van der Waals surface area contributed by atoms with Gasteiger partial charge in [-0.3, -0.25) is 4.99 Å². The molecule has 0 spiro atoms. The maximum absolute atomic E-state index is 10.3. The monoisotopic (exact) mass is 253 g/mol. The van der Waals surface area contributed by atoms with Crippen molar-refractivity contribution in [1.82, 2.24) is 9.97 Å². The molecule has 1 unspecified atom stereocenters. The van der Waals surface area contributed by atoms with Crippen LogP contribution in [0.25, 0.3) is 0 Å². The topological polar surface area (TPSA) is 58.4 Å². The summed E-state index contributed by atoms with van der Waals surface area (Å²) in [6.07, 6.45) is 4.52. The van der Waals surface area contributed by atoms with Crippen molar-refractivity contribution in [2.45, 2.75) is 18.9 Å². The molecule has 96 valence electrons. The van der Waals surface area contributed by atoms with Crippen LogP contribution in [0.1, 0.15) is 28.7 Å². The first-order valence-electron chi connectivity index (χ1n) is 6.40. The largest absolute Gasteiger partial charge is 0.380 e. The SMILES string of the molecule is OC(c1ccccc1)c1ncc2c(n1)CC=NCC2. The van der Waals surface area contributed by atoms with Crippen LogP contribution >= 0.6 is 0 Å². The molecular weight excluding hydrogens is 238 g/mol. The Kier molecular flexibility index (Phi) is 3.33. The first-order valence-corrected chi connectivity index (χ1v) is 6.40. The minimum absolute atomic E-state index is 0.459. The molecule has 1 aromatic carbocycles. The molecule has 0 amide bonds. The van der Waals surface area contributed by atoms with E-state index in [1.165, 1.54) is 0 Å². The Morgan fingerprint density at radius 1 is 1.16 bits per heavy atom. The Morgan fingerprint density at radius 2 is 2.00 bits per heavy atom. The van der Waals surface area contributed by atoms with E-state index in [9.17, 15) is 5.11 Å². The maximum atomic E-state index is 10.3. The fourth-order valence-corrected chi connectivity index (χ4v) is 2.19. The number of aromatic nitrogens is 2. The summed E-state index contributed by atoms with van der Waals surface area (Å²) in [5.74, 6) is 0.459. The van der Waals surface area contributed by atoms with Crippen molar-refractivity contribution < 1.29 is 5.11 Å². The molecule has 0 bridgehead atoms. The van der Waals surface area contributed by atoms with Crippen molar-refractivity contribution in [3.05, 3.63) is 59.2 Å². The maximum Gasteiger partial charge on any atom is 0.161 e. The summed E-state index contributed by atoms with van der Waals surface area (Å²) >= 11 is 0. The minimum atomic E-state index is -0.772. The molecule has 1 atom stereocenters. The number of rotatable bonds is 2. The zero-order valence-electron chi connectivity index (χ0n) is 10.5. The smallest absolute Gasteiger partial charge is 0.161 e. The Hall–Kier alpha value is -2.07. The second kappa shape index (κ2) is 5.28. The van der Waals surface area contributed by atoms with E-state index in [1.807, 2.05) is 42.7 Å². The van der Waals surface area contributed by atoms with E-state index >= 15 is 0 Å². The lowest BCUT2D eigenvalue weighted by atomic mass is 10.1. The van der Waals surface area contributed by atoms with Crippen molar-refractivity contribution in [1.29, 1.82) is 0 Å². The number of aliphatic hydroxyl groups excluding tert-OH is 1. The summed E-state index contributed by atoms with van der Waals surface area (Å²) in [4.78, 5) is 13.1. The standard InChI is InChI=1S/C15H15N3O/c19-14(11-4-2-1-3-5-11)15-17-10-12-6-8-16-9-7-13(12)18-15/h1-5,9-10,14,19H,6-8H2. The van der Waals surface area contributed by atoms with Gasteiger partial charge in [-0.15, -0.1) is 0 Å². The highest BCUT2D eigenvalue weighted by atomic mass is 16.3. The zero-order chi connectivity index (χ0) is 13.1. The van der Waals surface area contributed by atoms with E-state index in [4.69, 9.17) is 0 Å². The van der Waals surface area contributed by atoms with Gasteiger partial charge in [-0.1, -0.05) is 30.3 Å². The van der Waals surface area contributed by atoms with E-state index in [0.29, 0.717) is 12.2 Å². The summed E-state index contributed by atoms with van der Waals surface area (Å²) in [6.45, 7) is 0.789. The molecular formula is C15H15N3O. The van der Waals surface area contributed by atoms with E-state index in [0.717, 1.165) is 29.8 Å². The summed E-state index contributed by atoms with van der Waals surface area (Å²) in [5.41, 5.74) is 2.91. The Labute approximate surface area is 111 Å². The van der Waals surface area contributed by atoms with Crippen LogP contribution in [0.4, 0.5) is 0 Å². The number of fused-ring (bicyclic) bond motifs is 1. The summed E-state index contributed by atoms with van der Waals surface area (Å²) in [7, 11) is 0. The van der Waals surface area contributed by atoms with E-state index in [-0.39, 0.29) is 0 Å². The second-order valence-electron chi connectivity index (χ2n) is 4.56. The molecule has 0 radical (unpaired) electrons. The van der Waals surface area contributed by atoms with E-state index in [1.54, 1.807) is 0 Å². The third-order valence-corrected chi connectivity index (χ3v) is 3.26. The molecule has 4 nitrogen and oxygen atoms in total. The number of hydrogen-bond acceptors (Lipinski definition) is 4. The lowest BCUT2D eigenvalue weighted by molar-refractivity contribution is 0.209. The molecule has 0 saturated carbocycles. The van der Waals surface area contributed by atoms with Gasteiger partial charge in [-0.2, -0.15) is 0 Å². The number of aliphatic imine (C=N–C) groups is 1. The van der Waals surface area contributed by atoms with Gasteiger partial charge in [0.15, 0.2) is 5.82 Å². The van der Waals surface area contributed by atoms with Gasteiger partial charge >= 0.3 is 0 Å². The van der Waals surface area contributed by atoms with Crippen LogP contribution in [0.15, 0.2) is 41.5 Å². The molecule has 19 heavy (non-hydrogen) atoms. The van der Waals surface area contributed by atoms with Gasteiger partial charge in [0.2, 0.25) is 0 Å². The van der Waals surface area contributed by atoms with Crippen LogP contribution in [-0.2, 0) is 12.8 Å². The van der Waals surface area contributed by atoms with E-state index in [2.05, 4.69) is 15.0 Å². The number of aliphatic hydroxyl groups is 1. The van der Waals surface area contributed by atoms with Gasteiger partial charge in [0.05, 0.1) is 5.69 Å². The number of nitrogens with zero attached hydrogens (tertiary/aromatic N) is 3. The quantitative estimate of drug-likeness (QED) is 0.886. The summed E-state index contributed by atoms with van der Waals surface area (Å²) in [6, 6.07) is 9.47. The molecule has 1 N–H and O–H groups in total. The lowest BCUT2D eigenvalue weighted by Gasteiger charge is -2.12. The molecule has 4 heteroatoms. The number of benzene rings is 1. The third-order valence-electron chi connectivity index (χ3n) is 3.26. The van der Waals surface area contributed by atoms with Crippen LogP contribution in [-0.4, -0.2) is 27.8 Å². The fourth-order valence-electron chi connectivity index (χ4n) is 2.19. The Morgan fingerprint density at radius 3 is 2.84 bits per heavy atom. The fraction of sp³-hybridized carbons (Fsp3) is 0.267. The molecule has 3 rings (SSSR count). The zero-order valence-corrected chi connectivity index (χ0v) is 10.5. The molecule has 2 aromatic rings. The minimum Gasteiger partial charge on any atom is -0.380 e. The van der Waals surface area contributed by atoms with Crippen LogP contribution in [0.2, 0.25) is 0 Å². The first-order chi connectivity index (χ1) is 9.34. The summed E-state index contributed by atoms with van der Waals surface area (Å²) < 4.78 is 0. The average Bonchev–Trinajstić information content (AvgIpc) is 2.72. The predicted molar refractivity (Wildman–Crippen MR) is 73.3 cm³/mol. The summed E-state index contributed by atoms with van der Waals surface area (Å²) in [5, 5.41) is 10.3. The van der Waals surface area contributed by atoms with Gasteiger partial charge in [0, 0.05) is 25.4 Å². The Balaban J connectivity index is 1.93. The Bertz CT molecular complexity index is 596. The van der Waals surface area contributed by atoms with Crippen molar-refractivity contribution >= 4 is 6.21 Å². The van der Waals surface area contributed by atoms with Crippen molar-refractivity contribution in [3.63, 3.8) is 0 Å². The highest BCUT2D eigenvalue weighted by Gasteiger charge is 2.16. The average molecular weight is 253 g/mol. The van der Waals surface area contributed by atoms with Gasteiger partial charge in [0.25, 0.3) is 0 Å². The molecule has 1 aromatic heterocycles.